The Hall–Kier alpha value is -2.96. The Balaban J connectivity index is 1.73. The molecule has 160 valence electrons. The molecule has 30 heavy (non-hydrogen) atoms. The number of amides is 3. The minimum absolute atomic E-state index is 0.0159. The molecule has 3 N–H and O–H groups in total. The highest BCUT2D eigenvalue weighted by molar-refractivity contribution is 5.97. The van der Waals surface area contributed by atoms with Crippen LogP contribution in [0.3, 0.4) is 0 Å². The van der Waals surface area contributed by atoms with Gasteiger partial charge in [-0.2, -0.15) is 0 Å². The summed E-state index contributed by atoms with van der Waals surface area (Å²) in [5.74, 6) is -1.51. The lowest BCUT2D eigenvalue weighted by molar-refractivity contribution is 0.0942. The summed E-state index contributed by atoms with van der Waals surface area (Å²) in [5, 5.41) is 8.25. The number of benzene rings is 2. The van der Waals surface area contributed by atoms with Gasteiger partial charge in [-0.15, -0.1) is 0 Å². The molecule has 7 heteroatoms. The van der Waals surface area contributed by atoms with Crippen molar-refractivity contribution in [1.29, 1.82) is 0 Å². The first kappa shape index (κ1) is 21.7. The smallest absolute Gasteiger partial charge is 0.319 e. The fraction of sp³-hybridized carbons (Fsp3) is 0.391. The standard InChI is InChI=1S/C23H27F2N3O2/c1-15(2)27-22(30)28-17-8-5-7-16(13-17)21(29)26-14-23(11-3-4-12-23)20-18(24)9-6-10-19(20)25/h5-10,13,15H,3-4,11-12,14H2,1-2H3,(H,26,29)(H2,27,28,30). The van der Waals surface area contributed by atoms with Crippen molar-refractivity contribution in [2.45, 2.75) is 51.0 Å². The number of hydrogen-bond acceptors (Lipinski definition) is 2. The van der Waals surface area contributed by atoms with Crippen LogP contribution in [-0.2, 0) is 5.41 Å². The molecule has 1 fully saturated rings. The molecule has 0 bridgehead atoms. The predicted octanol–water partition coefficient (Wildman–Crippen LogP) is 4.74. The van der Waals surface area contributed by atoms with Crippen LogP contribution in [0.1, 0.15) is 55.5 Å². The molecule has 0 atom stereocenters. The number of halogens is 2. The minimum Gasteiger partial charge on any atom is -0.351 e. The SMILES string of the molecule is CC(C)NC(=O)Nc1cccc(C(=O)NCC2(c3c(F)cccc3F)CCCC2)c1. The van der Waals surface area contributed by atoms with E-state index >= 15 is 0 Å². The third-order valence-corrected chi connectivity index (χ3v) is 5.44. The summed E-state index contributed by atoms with van der Waals surface area (Å²) in [6.45, 7) is 3.84. The van der Waals surface area contributed by atoms with E-state index in [4.69, 9.17) is 0 Å². The van der Waals surface area contributed by atoms with Gasteiger partial charge in [-0.3, -0.25) is 4.79 Å². The Labute approximate surface area is 175 Å². The first-order valence-electron chi connectivity index (χ1n) is 10.2. The summed E-state index contributed by atoms with van der Waals surface area (Å²) >= 11 is 0. The highest BCUT2D eigenvalue weighted by Gasteiger charge is 2.40. The highest BCUT2D eigenvalue weighted by atomic mass is 19.1. The quantitative estimate of drug-likeness (QED) is 0.638. The van der Waals surface area contributed by atoms with Crippen LogP contribution in [0.25, 0.3) is 0 Å². The fourth-order valence-corrected chi connectivity index (χ4v) is 4.09. The number of urea groups is 1. The van der Waals surface area contributed by atoms with Crippen LogP contribution in [0.15, 0.2) is 42.5 Å². The maximum atomic E-state index is 14.5. The lowest BCUT2D eigenvalue weighted by Crippen LogP contribution is -2.40. The summed E-state index contributed by atoms with van der Waals surface area (Å²) in [4.78, 5) is 24.6. The zero-order chi connectivity index (χ0) is 21.7. The van der Waals surface area contributed by atoms with Gasteiger partial charge >= 0.3 is 6.03 Å². The normalized spacial score (nSPS) is 15.1. The molecule has 1 aliphatic carbocycles. The van der Waals surface area contributed by atoms with Gasteiger partial charge in [0.25, 0.3) is 5.91 Å². The topological polar surface area (TPSA) is 70.2 Å². The molecule has 5 nitrogen and oxygen atoms in total. The molecular formula is C23H27F2N3O2. The van der Waals surface area contributed by atoms with Crippen LogP contribution in [0.5, 0.6) is 0 Å². The Morgan fingerprint density at radius 3 is 2.30 bits per heavy atom. The van der Waals surface area contributed by atoms with E-state index in [2.05, 4.69) is 16.0 Å². The number of anilines is 1. The van der Waals surface area contributed by atoms with Gasteiger partial charge in [0, 0.05) is 34.8 Å². The molecule has 0 aliphatic heterocycles. The Morgan fingerprint density at radius 2 is 1.67 bits per heavy atom. The molecule has 2 aromatic carbocycles. The van der Waals surface area contributed by atoms with E-state index in [1.165, 1.54) is 18.2 Å². The van der Waals surface area contributed by atoms with Crippen molar-refractivity contribution in [3.05, 3.63) is 65.2 Å². The zero-order valence-corrected chi connectivity index (χ0v) is 17.2. The second-order valence-corrected chi connectivity index (χ2v) is 8.10. The molecule has 0 spiro atoms. The molecule has 2 aromatic rings. The third kappa shape index (κ3) is 4.96. The fourth-order valence-electron chi connectivity index (χ4n) is 4.09. The summed E-state index contributed by atoms with van der Waals surface area (Å²) < 4.78 is 28.9. The first-order valence-corrected chi connectivity index (χ1v) is 10.2. The van der Waals surface area contributed by atoms with Crippen LogP contribution in [0.4, 0.5) is 19.3 Å². The number of carbonyl (C=O) groups excluding carboxylic acids is 2. The third-order valence-electron chi connectivity index (χ3n) is 5.44. The van der Waals surface area contributed by atoms with E-state index in [1.54, 1.807) is 24.3 Å². The van der Waals surface area contributed by atoms with Crippen molar-refractivity contribution in [3.63, 3.8) is 0 Å². The largest absolute Gasteiger partial charge is 0.351 e. The zero-order valence-electron chi connectivity index (χ0n) is 17.2. The van der Waals surface area contributed by atoms with E-state index in [0.717, 1.165) is 12.8 Å². The van der Waals surface area contributed by atoms with E-state index in [9.17, 15) is 18.4 Å². The van der Waals surface area contributed by atoms with Crippen LogP contribution in [-0.4, -0.2) is 24.5 Å². The number of carbonyl (C=O) groups is 2. The Bertz CT molecular complexity index is 904. The molecule has 1 saturated carbocycles. The summed E-state index contributed by atoms with van der Waals surface area (Å²) in [7, 11) is 0. The van der Waals surface area contributed by atoms with Crippen LogP contribution < -0.4 is 16.0 Å². The first-order chi connectivity index (χ1) is 14.3. The number of rotatable bonds is 6. The molecule has 0 saturated heterocycles. The van der Waals surface area contributed by atoms with Gasteiger partial charge in [-0.05, 0) is 57.0 Å². The van der Waals surface area contributed by atoms with E-state index in [-0.39, 0.29) is 30.1 Å². The molecule has 0 aromatic heterocycles. The van der Waals surface area contributed by atoms with Gasteiger partial charge in [0.05, 0.1) is 0 Å². The van der Waals surface area contributed by atoms with Crippen LogP contribution in [0, 0.1) is 11.6 Å². The maximum absolute atomic E-state index is 14.5. The lowest BCUT2D eigenvalue weighted by Gasteiger charge is -2.30. The van der Waals surface area contributed by atoms with Crippen LogP contribution >= 0.6 is 0 Å². The van der Waals surface area contributed by atoms with E-state index in [0.29, 0.717) is 24.1 Å². The molecule has 0 unspecified atom stereocenters. The molecule has 3 rings (SSSR count). The van der Waals surface area contributed by atoms with Crippen molar-refractivity contribution < 1.29 is 18.4 Å². The summed E-state index contributed by atoms with van der Waals surface area (Å²) in [5.41, 5.74) is 0.151. The van der Waals surface area contributed by atoms with Crippen molar-refractivity contribution in [1.82, 2.24) is 10.6 Å². The van der Waals surface area contributed by atoms with Crippen LogP contribution in [0.2, 0.25) is 0 Å². The van der Waals surface area contributed by atoms with Gasteiger partial charge in [0.15, 0.2) is 0 Å². The molecule has 3 amide bonds. The maximum Gasteiger partial charge on any atom is 0.319 e. The van der Waals surface area contributed by atoms with Crippen molar-refractivity contribution in [3.8, 4) is 0 Å². The van der Waals surface area contributed by atoms with Crippen molar-refractivity contribution in [2.24, 2.45) is 0 Å². The summed E-state index contributed by atoms with van der Waals surface area (Å²) in [6.07, 6.45) is 2.94. The molecule has 0 radical (unpaired) electrons. The molecule has 1 aliphatic rings. The van der Waals surface area contributed by atoms with Gasteiger partial charge < -0.3 is 16.0 Å². The Morgan fingerprint density at radius 1 is 1.03 bits per heavy atom. The van der Waals surface area contributed by atoms with Crippen molar-refractivity contribution >= 4 is 17.6 Å². The van der Waals surface area contributed by atoms with E-state index in [1.807, 2.05) is 13.8 Å². The van der Waals surface area contributed by atoms with Gasteiger partial charge in [-0.25, -0.2) is 13.6 Å². The Kier molecular flexibility index (Phi) is 6.70. The highest BCUT2D eigenvalue weighted by Crippen LogP contribution is 2.42. The predicted molar refractivity (Wildman–Crippen MR) is 113 cm³/mol. The minimum atomic E-state index is -0.752. The van der Waals surface area contributed by atoms with Crippen molar-refractivity contribution in [2.75, 3.05) is 11.9 Å². The number of hydrogen-bond donors (Lipinski definition) is 3. The molecular weight excluding hydrogens is 388 g/mol. The lowest BCUT2D eigenvalue weighted by atomic mass is 9.78. The second-order valence-electron chi connectivity index (χ2n) is 8.10. The number of nitrogens with one attached hydrogen (secondary N) is 3. The van der Waals surface area contributed by atoms with Gasteiger partial charge in [-0.1, -0.05) is 25.0 Å². The average Bonchev–Trinajstić information content (AvgIpc) is 3.15. The average molecular weight is 415 g/mol. The monoisotopic (exact) mass is 415 g/mol. The summed E-state index contributed by atoms with van der Waals surface area (Å²) in [6, 6.07) is 10.1. The van der Waals surface area contributed by atoms with Gasteiger partial charge in [0.2, 0.25) is 0 Å². The molecule has 0 heterocycles. The second kappa shape index (κ2) is 9.24. The van der Waals surface area contributed by atoms with Gasteiger partial charge in [0.1, 0.15) is 11.6 Å². The van der Waals surface area contributed by atoms with E-state index < -0.39 is 17.0 Å².